The second kappa shape index (κ2) is 8.12. The summed E-state index contributed by atoms with van der Waals surface area (Å²) >= 11 is -2.54. The molecule has 1 aromatic rings. The molecule has 0 saturated carbocycles. The van der Waals surface area contributed by atoms with Crippen LogP contribution in [0.1, 0.15) is 43.9 Å². The van der Waals surface area contributed by atoms with Crippen molar-refractivity contribution in [2.75, 3.05) is 13.1 Å². The number of benzene rings is 1. The van der Waals surface area contributed by atoms with Gasteiger partial charge in [-0.2, -0.15) is 0 Å². The molecule has 1 fully saturated rings. The predicted molar refractivity (Wildman–Crippen MR) is 94.9 cm³/mol. The maximum absolute atomic E-state index is 13.1. The Morgan fingerprint density at radius 3 is 2.54 bits per heavy atom. The number of fused-ring (bicyclic) bond motifs is 1. The van der Waals surface area contributed by atoms with Crippen LogP contribution >= 0.6 is 0 Å². The molecule has 0 radical (unpaired) electrons. The van der Waals surface area contributed by atoms with Gasteiger partial charge in [-0.05, 0) is 37.8 Å². The van der Waals surface area contributed by atoms with Crippen LogP contribution in [0.2, 0.25) is 0 Å². The van der Waals surface area contributed by atoms with Gasteiger partial charge in [0.05, 0.1) is 0 Å². The van der Waals surface area contributed by atoms with Crippen molar-refractivity contribution in [3.05, 3.63) is 35.4 Å². The summed E-state index contributed by atoms with van der Waals surface area (Å²) in [5, 5.41) is 18.8. The van der Waals surface area contributed by atoms with Crippen molar-refractivity contribution in [1.29, 1.82) is 0 Å². The van der Waals surface area contributed by atoms with Gasteiger partial charge in [0.25, 0.3) is 11.3 Å². The monoisotopic (exact) mass is 383 g/mol. The number of hydrogen-bond donors (Lipinski definition) is 2. The van der Waals surface area contributed by atoms with Gasteiger partial charge in [-0.25, -0.2) is 9.47 Å². The molecule has 2 aliphatic heterocycles. The van der Waals surface area contributed by atoms with Gasteiger partial charge in [-0.1, -0.05) is 28.7 Å². The molecule has 8 nitrogen and oxygen atoms in total. The van der Waals surface area contributed by atoms with Gasteiger partial charge in [0, 0.05) is 31.7 Å². The van der Waals surface area contributed by atoms with E-state index in [0.717, 1.165) is 31.5 Å². The van der Waals surface area contributed by atoms with Crippen molar-refractivity contribution < 1.29 is 23.8 Å². The number of nitrogens with zero attached hydrogens (tertiary/aromatic N) is 3. The Kier molecular flexibility index (Phi) is 6.06. The van der Waals surface area contributed by atoms with E-state index in [1.807, 2.05) is 12.1 Å². The molecule has 2 aliphatic rings. The Bertz CT molecular complexity index is 678. The largest absolute Gasteiger partial charge is 0.334 e. The van der Waals surface area contributed by atoms with Crippen LogP contribution in [0, 0.1) is 0 Å². The van der Waals surface area contributed by atoms with E-state index >= 15 is 0 Å². The minimum atomic E-state index is -2.54. The number of rotatable bonds is 5. The Labute approximate surface area is 155 Å². The summed E-state index contributed by atoms with van der Waals surface area (Å²) in [6.07, 6.45) is 1.70. The fraction of sp³-hybridized carbons (Fsp3) is 0.588. The van der Waals surface area contributed by atoms with Crippen molar-refractivity contribution in [1.82, 2.24) is 14.3 Å². The van der Waals surface area contributed by atoms with E-state index in [4.69, 9.17) is 5.26 Å². The summed E-state index contributed by atoms with van der Waals surface area (Å²) in [4.78, 5) is 17.2. The first kappa shape index (κ1) is 19.4. The molecule has 1 saturated heterocycles. The molecule has 2 heterocycles. The number of carbonyl (C=O) groups is 1. The Hall–Kier alpha value is -1.36. The molecular weight excluding hydrogens is 358 g/mol. The second-order valence-electron chi connectivity index (χ2n) is 7.02. The van der Waals surface area contributed by atoms with E-state index in [1.54, 1.807) is 17.0 Å². The van der Waals surface area contributed by atoms with Crippen LogP contribution in [-0.2, 0) is 26.9 Å². The Morgan fingerprint density at radius 2 is 1.92 bits per heavy atom. The van der Waals surface area contributed by atoms with E-state index in [1.165, 1.54) is 0 Å². The van der Waals surface area contributed by atoms with Crippen LogP contribution in [0.5, 0.6) is 0 Å². The maximum Gasteiger partial charge on any atom is 0.291 e. The molecule has 144 valence electrons. The van der Waals surface area contributed by atoms with E-state index in [0.29, 0.717) is 18.2 Å². The Balaban J connectivity index is 1.85. The molecule has 0 bridgehead atoms. The molecule has 3 rings (SSSR count). The van der Waals surface area contributed by atoms with Crippen LogP contribution in [0.4, 0.5) is 0 Å². The average molecular weight is 383 g/mol. The summed E-state index contributed by atoms with van der Waals surface area (Å²) < 4.78 is 15.7. The minimum Gasteiger partial charge on any atom is -0.334 e. The first-order chi connectivity index (χ1) is 12.4. The van der Waals surface area contributed by atoms with Gasteiger partial charge < -0.3 is 9.80 Å². The smallest absolute Gasteiger partial charge is 0.291 e. The first-order valence-corrected chi connectivity index (χ1v) is 9.81. The van der Waals surface area contributed by atoms with Crippen LogP contribution in [0.3, 0.4) is 0 Å². The summed E-state index contributed by atoms with van der Waals surface area (Å²) in [6.45, 7) is 6.59. The molecule has 2 unspecified atom stereocenters. The van der Waals surface area contributed by atoms with Gasteiger partial charge in [0.15, 0.2) is 6.04 Å². The topological polar surface area (TPSA) is 93.6 Å². The number of hydroxylamine groups is 1. The normalized spacial score (nSPS) is 23.5. The zero-order valence-corrected chi connectivity index (χ0v) is 15.8. The molecule has 0 aliphatic carbocycles. The number of piperidine rings is 1. The van der Waals surface area contributed by atoms with E-state index in [2.05, 4.69) is 23.1 Å². The van der Waals surface area contributed by atoms with Crippen molar-refractivity contribution in [3.63, 3.8) is 0 Å². The van der Waals surface area contributed by atoms with Crippen molar-refractivity contribution in [2.24, 2.45) is 0 Å². The standard InChI is InChI=1S/C17H25N3O5S/c1-12(2)18-9-7-14(8-10-18)19-11-13-5-3-4-6-15(13)16(17(19)21)20(22)26(24)25-23/h3-6,12,14,16,22-23H,7-11H2,1-2H3. The molecule has 1 aromatic carbocycles. The zero-order chi connectivity index (χ0) is 18.8. The second-order valence-corrected chi connectivity index (χ2v) is 7.98. The Morgan fingerprint density at radius 1 is 1.27 bits per heavy atom. The van der Waals surface area contributed by atoms with E-state index in [-0.39, 0.29) is 16.4 Å². The average Bonchev–Trinajstić information content (AvgIpc) is 2.66. The van der Waals surface area contributed by atoms with E-state index in [9.17, 15) is 14.2 Å². The molecule has 1 amide bonds. The van der Waals surface area contributed by atoms with Gasteiger partial charge in [-0.15, -0.1) is 4.33 Å². The van der Waals surface area contributed by atoms with Crippen LogP contribution in [0.25, 0.3) is 0 Å². The molecule has 2 atom stereocenters. The minimum absolute atomic E-state index is 0.0604. The third-order valence-electron chi connectivity index (χ3n) is 5.31. The summed E-state index contributed by atoms with van der Waals surface area (Å²) in [5.74, 6) is -0.334. The van der Waals surface area contributed by atoms with Crippen LogP contribution in [-0.4, -0.2) is 60.0 Å². The number of likely N-dealkylation sites (tertiary alicyclic amines) is 1. The number of amides is 1. The fourth-order valence-electron chi connectivity index (χ4n) is 3.85. The molecular formula is C17H25N3O5S. The number of carbonyl (C=O) groups excluding carboxylic acids is 1. The predicted octanol–water partition coefficient (Wildman–Crippen LogP) is 1.70. The molecule has 0 spiro atoms. The maximum atomic E-state index is 13.1. The van der Waals surface area contributed by atoms with Gasteiger partial charge in [0.2, 0.25) is 5.91 Å². The first-order valence-electron chi connectivity index (χ1n) is 8.78. The highest BCUT2D eigenvalue weighted by molar-refractivity contribution is 7.77. The summed E-state index contributed by atoms with van der Waals surface area (Å²) in [6, 6.07) is 6.59. The highest BCUT2D eigenvalue weighted by atomic mass is 32.2. The van der Waals surface area contributed by atoms with Crippen molar-refractivity contribution in [3.8, 4) is 0 Å². The van der Waals surface area contributed by atoms with Gasteiger partial charge in [-0.3, -0.25) is 10.0 Å². The lowest BCUT2D eigenvalue weighted by atomic mass is 9.92. The van der Waals surface area contributed by atoms with Gasteiger partial charge >= 0.3 is 0 Å². The molecule has 26 heavy (non-hydrogen) atoms. The molecule has 9 heteroatoms. The van der Waals surface area contributed by atoms with Crippen molar-refractivity contribution >= 4 is 17.2 Å². The van der Waals surface area contributed by atoms with Crippen LogP contribution < -0.4 is 0 Å². The van der Waals surface area contributed by atoms with Gasteiger partial charge in [0.1, 0.15) is 0 Å². The highest BCUT2D eigenvalue weighted by Crippen LogP contribution is 2.35. The molecule has 0 aromatic heterocycles. The third kappa shape index (κ3) is 3.68. The summed E-state index contributed by atoms with van der Waals surface area (Å²) in [5.41, 5.74) is 1.46. The SMILES string of the molecule is CC(C)N1CCC(N2Cc3ccccc3C(N(O)S(=O)OO)C2=O)CC1. The molecule has 2 N–H and O–H groups in total. The quantitative estimate of drug-likeness (QED) is 0.594. The third-order valence-corrected chi connectivity index (χ3v) is 5.96. The lowest BCUT2D eigenvalue weighted by molar-refractivity contribution is -0.165. The summed E-state index contributed by atoms with van der Waals surface area (Å²) in [7, 11) is 0. The van der Waals surface area contributed by atoms with Crippen LogP contribution in [0.15, 0.2) is 24.3 Å². The fourth-order valence-corrected chi connectivity index (χ4v) is 4.30. The zero-order valence-electron chi connectivity index (χ0n) is 14.9. The van der Waals surface area contributed by atoms with Crippen molar-refractivity contribution in [2.45, 2.75) is 51.4 Å². The lowest BCUT2D eigenvalue weighted by Crippen LogP contribution is -2.53. The highest BCUT2D eigenvalue weighted by Gasteiger charge is 2.42. The number of hydrogen-bond acceptors (Lipinski definition) is 6. The lowest BCUT2D eigenvalue weighted by Gasteiger charge is -2.44. The van der Waals surface area contributed by atoms with E-state index < -0.39 is 17.3 Å².